The molecule has 0 aromatic heterocycles. The van der Waals surface area contributed by atoms with Crippen LogP contribution in [0, 0.1) is 5.92 Å². The van der Waals surface area contributed by atoms with E-state index in [1.54, 1.807) is 6.08 Å². The van der Waals surface area contributed by atoms with E-state index in [9.17, 15) is 4.79 Å². The van der Waals surface area contributed by atoms with Crippen molar-refractivity contribution >= 4 is 5.78 Å². The minimum Gasteiger partial charge on any atom is -0.321 e. The number of carbonyl (C=O) groups excluding carboxylic acids is 1. The van der Waals surface area contributed by atoms with Crippen LogP contribution in [0.5, 0.6) is 0 Å². The van der Waals surface area contributed by atoms with Crippen molar-refractivity contribution in [1.29, 1.82) is 0 Å². The first kappa shape index (κ1) is 8.47. The summed E-state index contributed by atoms with van der Waals surface area (Å²) in [5.74, 6) is 0.694. The predicted octanol–water partition coefficient (Wildman–Crippen LogP) is 1.26. The molecule has 0 aromatic carbocycles. The van der Waals surface area contributed by atoms with Gasteiger partial charge in [-0.25, -0.2) is 0 Å². The van der Waals surface area contributed by atoms with Crippen LogP contribution in [-0.4, -0.2) is 11.8 Å². The normalized spacial score (nSPS) is 19.4. The smallest absolute Gasteiger partial charge is 0.150 e. The Kier molecular flexibility index (Phi) is 2.83. The van der Waals surface area contributed by atoms with Gasteiger partial charge in [0.1, 0.15) is 5.78 Å². The molecule has 2 heteroatoms. The number of rotatable bonds is 5. The van der Waals surface area contributed by atoms with E-state index in [0.29, 0.717) is 12.3 Å². The third kappa shape index (κ3) is 2.46. The van der Waals surface area contributed by atoms with Crippen molar-refractivity contribution in [2.45, 2.75) is 31.7 Å². The van der Waals surface area contributed by atoms with Crippen LogP contribution in [0.4, 0.5) is 0 Å². The minimum atomic E-state index is -0.185. The highest BCUT2D eigenvalue weighted by atomic mass is 16.1. The second-order valence-corrected chi connectivity index (χ2v) is 3.16. The highest BCUT2D eigenvalue weighted by Crippen LogP contribution is 2.32. The van der Waals surface area contributed by atoms with Crippen LogP contribution < -0.4 is 5.73 Å². The molecule has 2 nitrogen and oxygen atoms in total. The lowest BCUT2D eigenvalue weighted by molar-refractivity contribution is -0.120. The van der Waals surface area contributed by atoms with E-state index in [1.165, 1.54) is 0 Å². The maximum atomic E-state index is 11.2. The molecular formula is C9H15NO. The zero-order valence-electron chi connectivity index (χ0n) is 6.75. The molecule has 0 amide bonds. The van der Waals surface area contributed by atoms with Crippen molar-refractivity contribution in [3.05, 3.63) is 12.7 Å². The Balaban J connectivity index is 2.21. The second kappa shape index (κ2) is 3.67. The third-order valence-corrected chi connectivity index (χ3v) is 2.10. The fourth-order valence-corrected chi connectivity index (χ4v) is 1.13. The first-order valence-corrected chi connectivity index (χ1v) is 4.15. The van der Waals surface area contributed by atoms with Crippen LogP contribution in [-0.2, 0) is 4.79 Å². The number of nitrogens with two attached hydrogens (primary N) is 1. The van der Waals surface area contributed by atoms with E-state index in [2.05, 4.69) is 6.58 Å². The summed E-state index contributed by atoms with van der Waals surface area (Å²) >= 11 is 0. The zero-order chi connectivity index (χ0) is 8.27. The summed E-state index contributed by atoms with van der Waals surface area (Å²) in [6, 6.07) is -0.185. The molecule has 0 spiro atoms. The molecule has 2 N–H and O–H groups in total. The Labute approximate surface area is 67.5 Å². The quantitative estimate of drug-likeness (QED) is 0.604. The van der Waals surface area contributed by atoms with Crippen LogP contribution in [0.1, 0.15) is 25.7 Å². The Bertz CT molecular complexity index is 161. The molecule has 0 aliphatic heterocycles. The van der Waals surface area contributed by atoms with Gasteiger partial charge in [0, 0.05) is 6.42 Å². The lowest BCUT2D eigenvalue weighted by Crippen LogP contribution is -2.32. The number of allylic oxidation sites excluding steroid dienone is 1. The van der Waals surface area contributed by atoms with Crippen molar-refractivity contribution in [3.63, 3.8) is 0 Å². The van der Waals surface area contributed by atoms with E-state index in [-0.39, 0.29) is 11.8 Å². The van der Waals surface area contributed by atoms with E-state index in [1.807, 2.05) is 0 Å². The number of hydrogen-bond acceptors (Lipinski definition) is 2. The summed E-state index contributed by atoms with van der Waals surface area (Å²) in [5, 5.41) is 0. The summed E-state index contributed by atoms with van der Waals surface area (Å²) < 4.78 is 0. The van der Waals surface area contributed by atoms with Crippen molar-refractivity contribution in [2.24, 2.45) is 11.7 Å². The minimum absolute atomic E-state index is 0.185. The van der Waals surface area contributed by atoms with Gasteiger partial charge in [-0.2, -0.15) is 0 Å². The molecule has 0 heterocycles. The molecule has 1 rings (SSSR count). The van der Waals surface area contributed by atoms with Crippen LogP contribution in [0.2, 0.25) is 0 Å². The Hall–Kier alpha value is -0.630. The SMILES string of the molecule is C=CCCC(=O)C(N)C1CC1. The highest BCUT2D eigenvalue weighted by molar-refractivity contribution is 5.84. The second-order valence-electron chi connectivity index (χ2n) is 3.16. The summed E-state index contributed by atoms with van der Waals surface area (Å²) in [5.41, 5.74) is 5.68. The maximum Gasteiger partial charge on any atom is 0.150 e. The number of hydrogen-bond donors (Lipinski definition) is 1. The van der Waals surface area contributed by atoms with E-state index < -0.39 is 0 Å². The Morgan fingerprint density at radius 1 is 1.73 bits per heavy atom. The van der Waals surface area contributed by atoms with E-state index in [0.717, 1.165) is 19.3 Å². The zero-order valence-corrected chi connectivity index (χ0v) is 6.75. The van der Waals surface area contributed by atoms with Crippen LogP contribution in [0.25, 0.3) is 0 Å². The molecule has 0 radical (unpaired) electrons. The van der Waals surface area contributed by atoms with Crippen molar-refractivity contribution in [1.82, 2.24) is 0 Å². The maximum absolute atomic E-state index is 11.2. The van der Waals surface area contributed by atoms with E-state index >= 15 is 0 Å². The molecule has 1 aliphatic carbocycles. The topological polar surface area (TPSA) is 43.1 Å². The van der Waals surface area contributed by atoms with Gasteiger partial charge in [-0.05, 0) is 25.2 Å². The van der Waals surface area contributed by atoms with Crippen LogP contribution in [0.3, 0.4) is 0 Å². The fraction of sp³-hybridized carbons (Fsp3) is 0.667. The molecule has 1 saturated carbocycles. The van der Waals surface area contributed by atoms with Crippen molar-refractivity contribution < 1.29 is 4.79 Å². The predicted molar refractivity (Wildman–Crippen MR) is 45.1 cm³/mol. The number of Topliss-reactive ketones (excluding diaryl/α,β-unsaturated/α-hetero) is 1. The first-order chi connectivity index (χ1) is 5.25. The van der Waals surface area contributed by atoms with Gasteiger partial charge in [-0.1, -0.05) is 6.08 Å². The monoisotopic (exact) mass is 153 g/mol. The van der Waals surface area contributed by atoms with Gasteiger partial charge in [0.15, 0.2) is 0 Å². The molecule has 0 bridgehead atoms. The van der Waals surface area contributed by atoms with Crippen LogP contribution >= 0.6 is 0 Å². The Morgan fingerprint density at radius 3 is 2.82 bits per heavy atom. The van der Waals surface area contributed by atoms with Gasteiger partial charge in [0.05, 0.1) is 6.04 Å². The van der Waals surface area contributed by atoms with Gasteiger partial charge in [0.2, 0.25) is 0 Å². The largest absolute Gasteiger partial charge is 0.321 e. The van der Waals surface area contributed by atoms with Crippen LogP contribution in [0.15, 0.2) is 12.7 Å². The lowest BCUT2D eigenvalue weighted by atomic mass is 10.0. The molecule has 1 aliphatic rings. The first-order valence-electron chi connectivity index (χ1n) is 4.15. The van der Waals surface area contributed by atoms with Gasteiger partial charge >= 0.3 is 0 Å². The summed E-state index contributed by atoms with van der Waals surface area (Å²) in [6.07, 6.45) is 5.37. The molecular weight excluding hydrogens is 138 g/mol. The summed E-state index contributed by atoms with van der Waals surface area (Å²) in [6.45, 7) is 3.56. The van der Waals surface area contributed by atoms with Gasteiger partial charge in [-0.3, -0.25) is 4.79 Å². The molecule has 62 valence electrons. The molecule has 11 heavy (non-hydrogen) atoms. The lowest BCUT2D eigenvalue weighted by Gasteiger charge is -2.06. The van der Waals surface area contributed by atoms with Gasteiger partial charge in [0.25, 0.3) is 0 Å². The standard InChI is InChI=1S/C9H15NO/c1-2-3-4-8(11)9(10)7-5-6-7/h2,7,9H,1,3-6,10H2. The molecule has 1 atom stereocenters. The molecule has 1 fully saturated rings. The van der Waals surface area contributed by atoms with E-state index in [4.69, 9.17) is 5.73 Å². The fourth-order valence-electron chi connectivity index (χ4n) is 1.13. The third-order valence-electron chi connectivity index (χ3n) is 2.10. The molecule has 0 aromatic rings. The van der Waals surface area contributed by atoms with Crippen molar-refractivity contribution in [2.75, 3.05) is 0 Å². The highest BCUT2D eigenvalue weighted by Gasteiger charge is 2.32. The number of carbonyl (C=O) groups is 1. The van der Waals surface area contributed by atoms with Gasteiger partial charge in [-0.15, -0.1) is 6.58 Å². The summed E-state index contributed by atoms with van der Waals surface area (Å²) in [4.78, 5) is 11.2. The number of ketones is 1. The van der Waals surface area contributed by atoms with Crippen molar-refractivity contribution in [3.8, 4) is 0 Å². The molecule has 1 unspecified atom stereocenters. The summed E-state index contributed by atoms with van der Waals surface area (Å²) in [7, 11) is 0. The molecule has 0 saturated heterocycles. The van der Waals surface area contributed by atoms with Gasteiger partial charge < -0.3 is 5.73 Å². The average molecular weight is 153 g/mol. The average Bonchev–Trinajstić information content (AvgIpc) is 2.81. The Morgan fingerprint density at radius 2 is 2.36 bits per heavy atom.